The molecule has 0 aliphatic carbocycles. The molecule has 3 N–H and O–H groups in total. The normalized spacial score (nSPS) is 11.4. The zero-order chi connectivity index (χ0) is 17.7. The third-order valence-corrected chi connectivity index (χ3v) is 4.08. The van der Waals surface area contributed by atoms with Gasteiger partial charge < -0.3 is 10.4 Å². The molecule has 2 amide bonds. The maximum absolute atomic E-state index is 13.3. The lowest BCUT2D eigenvalue weighted by Gasteiger charge is -2.25. The van der Waals surface area contributed by atoms with Gasteiger partial charge in [0.2, 0.25) is 0 Å². The smallest absolute Gasteiger partial charge is 0.320 e. The molecule has 0 saturated heterocycles. The Bertz CT molecular complexity index is 710. The van der Waals surface area contributed by atoms with Crippen molar-refractivity contribution in [3.63, 3.8) is 0 Å². The summed E-state index contributed by atoms with van der Waals surface area (Å²) in [5.74, 6) is -0.00105. The lowest BCUT2D eigenvalue weighted by Crippen LogP contribution is -2.43. The minimum atomic E-state index is -0.909. The van der Waals surface area contributed by atoms with Crippen molar-refractivity contribution < 1.29 is 14.3 Å². The molecule has 0 atom stereocenters. The first kappa shape index (κ1) is 17.9. The highest BCUT2D eigenvalue weighted by atomic mass is 19.1. The number of hydrogen-bond acceptors (Lipinski definition) is 3. The quantitative estimate of drug-likeness (QED) is 0.760. The van der Waals surface area contributed by atoms with Gasteiger partial charge in [0, 0.05) is 18.3 Å². The van der Waals surface area contributed by atoms with Crippen LogP contribution in [0.1, 0.15) is 32.4 Å². The number of aromatic nitrogens is 2. The molecular formula is C17H23FN4O2. The standard InChI is InChI=1S/C17H23FN4O2/c1-4-17(24,5-2)11-19-16(23)20-15-9-12(3)22(21-15)14-8-6-7-13(18)10-14/h6-10,24H,4-5,11H2,1-3H3,(H2,19,20,21,23). The average molecular weight is 334 g/mol. The Morgan fingerprint density at radius 2 is 2.04 bits per heavy atom. The molecule has 0 bridgehead atoms. The molecule has 0 unspecified atom stereocenters. The van der Waals surface area contributed by atoms with Crippen molar-refractivity contribution in [2.24, 2.45) is 0 Å². The van der Waals surface area contributed by atoms with Gasteiger partial charge in [0.25, 0.3) is 0 Å². The second kappa shape index (κ2) is 7.44. The number of aryl methyl sites for hydroxylation is 1. The van der Waals surface area contributed by atoms with Crippen LogP contribution >= 0.6 is 0 Å². The summed E-state index contributed by atoms with van der Waals surface area (Å²) in [4.78, 5) is 12.0. The number of amides is 2. The SMILES string of the molecule is CCC(O)(CC)CNC(=O)Nc1cc(C)n(-c2cccc(F)c2)n1. The van der Waals surface area contributed by atoms with Crippen molar-refractivity contribution in [2.75, 3.05) is 11.9 Å². The minimum absolute atomic E-state index is 0.162. The molecule has 130 valence electrons. The Morgan fingerprint density at radius 3 is 2.67 bits per heavy atom. The first-order chi connectivity index (χ1) is 11.4. The summed E-state index contributed by atoms with van der Waals surface area (Å²) in [6, 6.07) is 7.30. The largest absolute Gasteiger partial charge is 0.388 e. The van der Waals surface area contributed by atoms with E-state index in [9.17, 15) is 14.3 Å². The summed E-state index contributed by atoms with van der Waals surface area (Å²) in [5, 5.41) is 19.7. The van der Waals surface area contributed by atoms with Gasteiger partial charge in [-0.05, 0) is 38.0 Å². The first-order valence-electron chi connectivity index (χ1n) is 7.96. The number of hydrogen-bond donors (Lipinski definition) is 3. The third kappa shape index (κ3) is 4.32. The summed E-state index contributed by atoms with van der Waals surface area (Å²) in [7, 11) is 0. The Labute approximate surface area is 140 Å². The number of halogens is 1. The molecule has 1 aromatic heterocycles. The number of nitrogens with zero attached hydrogens (tertiary/aromatic N) is 2. The van der Waals surface area contributed by atoms with E-state index in [2.05, 4.69) is 15.7 Å². The number of rotatable bonds is 6. The van der Waals surface area contributed by atoms with Crippen molar-refractivity contribution in [3.8, 4) is 5.69 Å². The van der Waals surface area contributed by atoms with Crippen molar-refractivity contribution in [1.29, 1.82) is 0 Å². The van der Waals surface area contributed by atoms with Crippen molar-refractivity contribution >= 4 is 11.8 Å². The molecule has 2 aromatic rings. The topological polar surface area (TPSA) is 79.2 Å². The van der Waals surface area contributed by atoms with Crippen LogP contribution < -0.4 is 10.6 Å². The Hall–Kier alpha value is -2.41. The fourth-order valence-electron chi connectivity index (χ4n) is 2.31. The van der Waals surface area contributed by atoms with Crippen LogP contribution in [0.15, 0.2) is 30.3 Å². The van der Waals surface area contributed by atoms with E-state index in [-0.39, 0.29) is 12.4 Å². The van der Waals surface area contributed by atoms with Crippen LogP contribution in [0, 0.1) is 12.7 Å². The first-order valence-corrected chi connectivity index (χ1v) is 7.96. The second-order valence-corrected chi connectivity index (χ2v) is 5.80. The van der Waals surface area contributed by atoms with Crippen LogP contribution in [0.4, 0.5) is 15.0 Å². The zero-order valence-corrected chi connectivity index (χ0v) is 14.1. The number of carbonyl (C=O) groups excluding carboxylic acids is 1. The lowest BCUT2D eigenvalue weighted by molar-refractivity contribution is 0.0354. The van der Waals surface area contributed by atoms with Crippen molar-refractivity contribution in [1.82, 2.24) is 15.1 Å². The lowest BCUT2D eigenvalue weighted by atomic mass is 9.98. The van der Waals surface area contributed by atoms with Gasteiger partial charge in [-0.3, -0.25) is 5.32 Å². The van der Waals surface area contributed by atoms with Crippen LogP contribution in [0.5, 0.6) is 0 Å². The number of carbonyl (C=O) groups is 1. The summed E-state index contributed by atoms with van der Waals surface area (Å²) in [6.07, 6.45) is 1.11. The van der Waals surface area contributed by atoms with Gasteiger partial charge >= 0.3 is 6.03 Å². The summed E-state index contributed by atoms with van der Waals surface area (Å²) >= 11 is 0. The van der Waals surface area contributed by atoms with Crippen LogP contribution in [0.25, 0.3) is 5.69 Å². The van der Waals surface area contributed by atoms with Gasteiger partial charge in [-0.1, -0.05) is 19.9 Å². The molecule has 6 nitrogen and oxygen atoms in total. The molecule has 0 fully saturated rings. The number of nitrogens with one attached hydrogen (secondary N) is 2. The Balaban J connectivity index is 2.04. The summed E-state index contributed by atoms with van der Waals surface area (Å²) in [6.45, 7) is 5.71. The van der Waals surface area contributed by atoms with E-state index in [1.165, 1.54) is 12.1 Å². The third-order valence-electron chi connectivity index (χ3n) is 4.08. The predicted molar refractivity (Wildman–Crippen MR) is 90.8 cm³/mol. The molecule has 2 rings (SSSR count). The van der Waals surface area contributed by atoms with E-state index in [0.717, 1.165) is 5.69 Å². The summed E-state index contributed by atoms with van der Waals surface area (Å²) < 4.78 is 14.9. The van der Waals surface area contributed by atoms with Crippen LogP contribution in [-0.4, -0.2) is 33.1 Å². The highest BCUT2D eigenvalue weighted by Crippen LogP contribution is 2.16. The number of urea groups is 1. The van der Waals surface area contributed by atoms with E-state index in [1.807, 2.05) is 20.8 Å². The molecule has 1 heterocycles. The maximum atomic E-state index is 13.3. The van der Waals surface area contributed by atoms with E-state index in [0.29, 0.717) is 24.3 Å². The highest BCUT2D eigenvalue weighted by molar-refractivity contribution is 5.88. The molecule has 7 heteroatoms. The van der Waals surface area contributed by atoms with Gasteiger partial charge in [-0.25, -0.2) is 13.9 Å². The average Bonchev–Trinajstić information content (AvgIpc) is 2.93. The van der Waals surface area contributed by atoms with Crippen LogP contribution in [-0.2, 0) is 0 Å². The van der Waals surface area contributed by atoms with Gasteiger partial charge in [0.15, 0.2) is 5.82 Å². The molecular weight excluding hydrogens is 311 g/mol. The molecule has 0 radical (unpaired) electrons. The molecule has 0 saturated carbocycles. The molecule has 0 spiro atoms. The van der Waals surface area contributed by atoms with Gasteiger partial charge in [0.1, 0.15) is 5.82 Å². The number of benzene rings is 1. The predicted octanol–water partition coefficient (Wildman–Crippen LogP) is 2.99. The maximum Gasteiger partial charge on any atom is 0.320 e. The molecule has 0 aliphatic heterocycles. The fraction of sp³-hybridized carbons (Fsp3) is 0.412. The Kier molecular flexibility index (Phi) is 5.56. The van der Waals surface area contributed by atoms with E-state index in [1.54, 1.807) is 22.9 Å². The monoisotopic (exact) mass is 334 g/mol. The van der Waals surface area contributed by atoms with Gasteiger partial charge in [-0.15, -0.1) is 5.10 Å². The summed E-state index contributed by atoms with van der Waals surface area (Å²) in [5.41, 5.74) is 0.426. The van der Waals surface area contributed by atoms with Crippen LogP contribution in [0.3, 0.4) is 0 Å². The fourth-order valence-corrected chi connectivity index (χ4v) is 2.31. The molecule has 0 aliphatic rings. The Morgan fingerprint density at radius 1 is 1.33 bits per heavy atom. The van der Waals surface area contributed by atoms with Gasteiger partial charge in [-0.2, -0.15) is 0 Å². The van der Waals surface area contributed by atoms with Crippen molar-refractivity contribution in [3.05, 3.63) is 41.8 Å². The highest BCUT2D eigenvalue weighted by Gasteiger charge is 2.22. The molecule has 24 heavy (non-hydrogen) atoms. The molecule has 1 aromatic carbocycles. The van der Waals surface area contributed by atoms with Crippen LogP contribution in [0.2, 0.25) is 0 Å². The zero-order valence-electron chi connectivity index (χ0n) is 14.1. The van der Waals surface area contributed by atoms with E-state index < -0.39 is 11.6 Å². The van der Waals surface area contributed by atoms with E-state index in [4.69, 9.17) is 0 Å². The van der Waals surface area contributed by atoms with Crippen molar-refractivity contribution in [2.45, 2.75) is 39.2 Å². The van der Waals surface area contributed by atoms with E-state index >= 15 is 0 Å². The number of anilines is 1. The minimum Gasteiger partial charge on any atom is -0.388 e. The number of aliphatic hydroxyl groups is 1. The second-order valence-electron chi connectivity index (χ2n) is 5.80. The van der Waals surface area contributed by atoms with Gasteiger partial charge in [0.05, 0.1) is 11.3 Å².